The van der Waals surface area contributed by atoms with Crippen LogP contribution in [-0.4, -0.2) is 53.6 Å². The second-order valence-corrected chi connectivity index (χ2v) is 8.15. The molecule has 1 saturated heterocycles. The maximum absolute atomic E-state index is 5.20. The highest BCUT2D eigenvalue weighted by molar-refractivity contribution is 14.0. The molecule has 25 heavy (non-hydrogen) atoms. The number of guanidine groups is 1. The van der Waals surface area contributed by atoms with E-state index in [1.165, 1.54) is 37.9 Å². The van der Waals surface area contributed by atoms with Crippen molar-refractivity contribution in [3.05, 3.63) is 23.9 Å². The van der Waals surface area contributed by atoms with E-state index in [0.717, 1.165) is 24.7 Å². The number of pyridine rings is 1. The molecule has 2 aliphatic rings. The van der Waals surface area contributed by atoms with E-state index in [2.05, 4.69) is 32.0 Å². The van der Waals surface area contributed by atoms with E-state index < -0.39 is 0 Å². The lowest BCUT2D eigenvalue weighted by atomic mass is 9.87. The smallest absolute Gasteiger partial charge is 0.213 e. The van der Waals surface area contributed by atoms with Gasteiger partial charge in [0.25, 0.3) is 0 Å². The zero-order valence-corrected chi connectivity index (χ0v) is 18.3. The highest BCUT2D eigenvalue weighted by atomic mass is 127. The first-order valence-electron chi connectivity index (χ1n) is 8.84. The van der Waals surface area contributed by atoms with Crippen molar-refractivity contribution >= 4 is 41.7 Å². The number of aromatic nitrogens is 1. The van der Waals surface area contributed by atoms with Gasteiger partial charge in [-0.1, -0.05) is 25.3 Å². The van der Waals surface area contributed by atoms with Gasteiger partial charge in [0.2, 0.25) is 5.88 Å². The van der Waals surface area contributed by atoms with Crippen molar-refractivity contribution in [2.75, 3.05) is 33.0 Å². The third kappa shape index (κ3) is 5.39. The molecule has 7 heteroatoms. The quantitative estimate of drug-likeness (QED) is 0.411. The average molecular weight is 476 g/mol. The summed E-state index contributed by atoms with van der Waals surface area (Å²) in [5, 5.41) is 3.48. The molecular formula is C18H29IN4OS. The van der Waals surface area contributed by atoms with Gasteiger partial charge in [0.1, 0.15) is 0 Å². The van der Waals surface area contributed by atoms with Gasteiger partial charge in [-0.15, -0.1) is 24.0 Å². The van der Waals surface area contributed by atoms with Crippen LogP contribution >= 0.6 is 35.7 Å². The lowest BCUT2D eigenvalue weighted by molar-refractivity contribution is 0.293. The molecule has 3 rings (SSSR count). The molecule has 2 fully saturated rings. The van der Waals surface area contributed by atoms with Crippen LogP contribution in [0.2, 0.25) is 0 Å². The van der Waals surface area contributed by atoms with Gasteiger partial charge in [-0.25, -0.2) is 4.98 Å². The monoisotopic (exact) mass is 476 g/mol. The molecule has 140 valence electrons. The number of aliphatic imine (C=N–C) groups is 1. The first kappa shape index (κ1) is 20.6. The van der Waals surface area contributed by atoms with Crippen molar-refractivity contribution in [2.24, 2.45) is 4.99 Å². The molecule has 1 aliphatic carbocycles. The first-order chi connectivity index (χ1) is 11.7. The normalized spacial score (nSPS) is 20.1. The van der Waals surface area contributed by atoms with Crippen LogP contribution in [0.3, 0.4) is 0 Å². The minimum Gasteiger partial charge on any atom is -0.481 e. The fraction of sp³-hybridized carbons (Fsp3) is 0.667. The van der Waals surface area contributed by atoms with E-state index >= 15 is 0 Å². The Hall–Kier alpha value is -0.700. The maximum atomic E-state index is 5.20. The van der Waals surface area contributed by atoms with Crippen LogP contribution < -0.4 is 10.1 Å². The lowest BCUT2D eigenvalue weighted by Crippen LogP contribution is -2.53. The molecule has 2 heterocycles. The molecular weight excluding hydrogens is 447 g/mol. The summed E-state index contributed by atoms with van der Waals surface area (Å²) in [7, 11) is 3.52. The van der Waals surface area contributed by atoms with Crippen molar-refractivity contribution < 1.29 is 4.74 Å². The van der Waals surface area contributed by atoms with E-state index in [-0.39, 0.29) is 24.0 Å². The van der Waals surface area contributed by atoms with Crippen LogP contribution in [0.5, 0.6) is 5.88 Å². The van der Waals surface area contributed by atoms with Crippen LogP contribution in [-0.2, 0) is 6.54 Å². The van der Waals surface area contributed by atoms with Crippen molar-refractivity contribution in [3.8, 4) is 5.88 Å². The highest BCUT2D eigenvalue weighted by Crippen LogP contribution is 2.42. The van der Waals surface area contributed by atoms with Crippen molar-refractivity contribution in [2.45, 2.75) is 43.4 Å². The molecule has 0 amide bonds. The average Bonchev–Trinajstić information content (AvgIpc) is 2.63. The molecule has 0 aromatic carbocycles. The Bertz CT molecular complexity index is 572. The standard InChI is InChI=1S/C18H28N4OS.HI/c1-19-17(20-13-15-7-6-8-16(21-15)23-2)22-11-12-24-18(14-22)9-4-3-5-10-18;/h6-8H,3-5,9-14H2,1-2H3,(H,19,20);1H. The second kappa shape index (κ2) is 9.85. The van der Waals surface area contributed by atoms with Crippen molar-refractivity contribution in [1.29, 1.82) is 0 Å². The summed E-state index contributed by atoms with van der Waals surface area (Å²) >= 11 is 2.18. The maximum Gasteiger partial charge on any atom is 0.213 e. The van der Waals surface area contributed by atoms with E-state index in [9.17, 15) is 0 Å². The Labute approximate surface area is 172 Å². The minimum absolute atomic E-state index is 0. The van der Waals surface area contributed by atoms with Crippen LogP contribution in [0.25, 0.3) is 0 Å². The van der Waals surface area contributed by atoms with Gasteiger partial charge in [0.15, 0.2) is 5.96 Å². The third-order valence-electron chi connectivity index (χ3n) is 4.94. The summed E-state index contributed by atoms with van der Waals surface area (Å²) in [6.07, 6.45) is 6.85. The summed E-state index contributed by atoms with van der Waals surface area (Å²) in [4.78, 5) is 11.4. The molecule has 1 aromatic rings. The summed E-state index contributed by atoms with van der Waals surface area (Å²) < 4.78 is 5.64. The van der Waals surface area contributed by atoms with Gasteiger partial charge in [-0.05, 0) is 18.9 Å². The van der Waals surface area contributed by atoms with E-state index in [1.807, 2.05) is 25.2 Å². The van der Waals surface area contributed by atoms with Crippen LogP contribution in [0.4, 0.5) is 0 Å². The largest absolute Gasteiger partial charge is 0.481 e. The van der Waals surface area contributed by atoms with Crippen LogP contribution in [0.15, 0.2) is 23.2 Å². The first-order valence-corrected chi connectivity index (χ1v) is 9.83. The number of halogens is 1. The van der Waals surface area contributed by atoms with Gasteiger partial charge in [0.05, 0.1) is 19.3 Å². The minimum atomic E-state index is 0. The van der Waals surface area contributed by atoms with Crippen LogP contribution in [0, 0.1) is 0 Å². The molecule has 0 atom stereocenters. The molecule has 0 unspecified atom stereocenters. The Kier molecular flexibility index (Phi) is 8.12. The zero-order chi connectivity index (χ0) is 16.8. The summed E-state index contributed by atoms with van der Waals surface area (Å²) in [5.74, 6) is 2.84. The molecule has 5 nitrogen and oxygen atoms in total. The number of nitrogens with one attached hydrogen (secondary N) is 1. The van der Waals surface area contributed by atoms with Gasteiger partial charge >= 0.3 is 0 Å². The number of methoxy groups -OCH3 is 1. The molecule has 1 N–H and O–H groups in total. The lowest BCUT2D eigenvalue weighted by Gasteiger charge is -2.45. The van der Waals surface area contributed by atoms with E-state index in [1.54, 1.807) is 7.11 Å². The number of hydrogen-bond acceptors (Lipinski definition) is 4. The summed E-state index contributed by atoms with van der Waals surface area (Å²) in [6, 6.07) is 5.85. The summed E-state index contributed by atoms with van der Waals surface area (Å²) in [6.45, 7) is 2.85. The molecule has 1 aliphatic heterocycles. The van der Waals surface area contributed by atoms with E-state index in [0.29, 0.717) is 17.2 Å². The predicted octanol–water partition coefficient (Wildman–Crippen LogP) is 3.54. The fourth-order valence-corrected chi connectivity index (χ4v) is 5.27. The molecule has 0 bridgehead atoms. The Morgan fingerprint density at radius 1 is 1.36 bits per heavy atom. The van der Waals surface area contributed by atoms with E-state index in [4.69, 9.17) is 4.74 Å². The number of rotatable bonds is 3. The molecule has 1 spiro atoms. The van der Waals surface area contributed by atoms with Crippen LogP contribution in [0.1, 0.15) is 37.8 Å². The van der Waals surface area contributed by atoms with Gasteiger partial charge in [0, 0.05) is 36.7 Å². The molecule has 1 aromatic heterocycles. The SMILES string of the molecule is CN=C(NCc1cccc(OC)n1)N1CCSC2(CCCCC2)C1.I. The van der Waals surface area contributed by atoms with Gasteiger partial charge < -0.3 is 15.0 Å². The van der Waals surface area contributed by atoms with Gasteiger partial charge in [-0.2, -0.15) is 11.8 Å². The zero-order valence-electron chi connectivity index (χ0n) is 15.2. The van der Waals surface area contributed by atoms with Crippen molar-refractivity contribution in [1.82, 2.24) is 15.2 Å². The number of ether oxygens (including phenoxy) is 1. The van der Waals surface area contributed by atoms with Gasteiger partial charge in [-0.3, -0.25) is 4.99 Å². The number of hydrogen-bond donors (Lipinski definition) is 1. The topological polar surface area (TPSA) is 49.8 Å². The number of nitrogens with zero attached hydrogens (tertiary/aromatic N) is 3. The number of thioether (sulfide) groups is 1. The highest BCUT2D eigenvalue weighted by Gasteiger charge is 2.38. The Balaban J connectivity index is 0.00000225. The Morgan fingerprint density at radius 3 is 2.88 bits per heavy atom. The Morgan fingerprint density at radius 2 is 2.16 bits per heavy atom. The fourth-order valence-electron chi connectivity index (χ4n) is 3.70. The third-order valence-corrected chi connectivity index (χ3v) is 6.48. The summed E-state index contributed by atoms with van der Waals surface area (Å²) in [5.41, 5.74) is 0.967. The second-order valence-electron chi connectivity index (χ2n) is 6.59. The predicted molar refractivity (Wildman–Crippen MR) is 116 cm³/mol. The molecule has 0 radical (unpaired) electrons. The van der Waals surface area contributed by atoms with Crippen molar-refractivity contribution in [3.63, 3.8) is 0 Å². The molecule has 1 saturated carbocycles.